The molecule has 1 amide bonds. The number of nitrogens with one attached hydrogen (secondary N) is 1. The molecule has 2 rings (SSSR count). The summed E-state index contributed by atoms with van der Waals surface area (Å²) in [5.41, 5.74) is -0.0158. The average molecular weight is 327 g/mol. The third-order valence-corrected chi connectivity index (χ3v) is 4.24. The molecule has 0 aliphatic heterocycles. The van der Waals surface area contributed by atoms with Gasteiger partial charge in [0.05, 0.1) is 7.11 Å². The van der Waals surface area contributed by atoms with Crippen LogP contribution in [0, 0.1) is 0 Å². The van der Waals surface area contributed by atoms with Crippen molar-refractivity contribution < 1.29 is 19.4 Å². The number of carboxylic acids is 1. The van der Waals surface area contributed by atoms with E-state index in [-0.39, 0.29) is 12.5 Å². The van der Waals surface area contributed by atoms with E-state index in [1.165, 1.54) is 0 Å². The van der Waals surface area contributed by atoms with Gasteiger partial charge in [-0.3, -0.25) is 9.59 Å². The van der Waals surface area contributed by atoms with E-state index >= 15 is 0 Å². The van der Waals surface area contributed by atoms with Crippen LogP contribution in [0.15, 0.2) is 54.6 Å². The van der Waals surface area contributed by atoms with Crippen molar-refractivity contribution in [3.8, 4) is 5.75 Å². The number of methoxy groups -OCH3 is 1. The fourth-order valence-electron chi connectivity index (χ4n) is 2.61. The van der Waals surface area contributed by atoms with Gasteiger partial charge in [0.1, 0.15) is 11.2 Å². The first kappa shape index (κ1) is 17.5. The molecule has 0 aromatic heterocycles. The number of aliphatic carboxylic acids is 1. The molecule has 24 heavy (non-hydrogen) atoms. The Hall–Kier alpha value is -2.82. The molecular weight excluding hydrogens is 306 g/mol. The van der Waals surface area contributed by atoms with Crippen molar-refractivity contribution in [3.05, 3.63) is 65.7 Å². The van der Waals surface area contributed by atoms with E-state index in [1.807, 2.05) is 6.07 Å². The average Bonchev–Trinajstić information content (AvgIpc) is 2.63. The minimum absolute atomic E-state index is 0.0215. The topological polar surface area (TPSA) is 75.6 Å². The number of hydrogen-bond donors (Lipinski definition) is 2. The van der Waals surface area contributed by atoms with Crippen LogP contribution in [0.1, 0.15) is 29.3 Å². The lowest BCUT2D eigenvalue weighted by atomic mass is 9.78. The zero-order chi connectivity index (χ0) is 17.6. The highest BCUT2D eigenvalue weighted by atomic mass is 16.5. The molecular formula is C19H21NO4. The molecule has 126 valence electrons. The van der Waals surface area contributed by atoms with Gasteiger partial charge in [0.2, 0.25) is 0 Å². The number of benzene rings is 2. The number of carboxylic acid groups (broad SMARTS) is 1. The summed E-state index contributed by atoms with van der Waals surface area (Å²) in [5.74, 6) is -0.608. The smallest absolute Gasteiger partial charge is 0.315 e. The van der Waals surface area contributed by atoms with Crippen LogP contribution < -0.4 is 10.1 Å². The lowest BCUT2D eigenvalue weighted by Crippen LogP contribution is -2.46. The molecule has 0 fully saturated rings. The Bertz CT molecular complexity index is 697. The second-order valence-corrected chi connectivity index (χ2v) is 5.52. The summed E-state index contributed by atoms with van der Waals surface area (Å²) < 4.78 is 5.06. The molecule has 1 unspecified atom stereocenters. The summed E-state index contributed by atoms with van der Waals surface area (Å²) in [5, 5.41) is 12.5. The second-order valence-electron chi connectivity index (χ2n) is 5.52. The lowest BCUT2D eigenvalue weighted by molar-refractivity contribution is -0.143. The summed E-state index contributed by atoms with van der Waals surface area (Å²) in [6.45, 7) is 1.83. The maximum atomic E-state index is 12.3. The summed E-state index contributed by atoms with van der Waals surface area (Å²) in [7, 11) is 1.55. The van der Waals surface area contributed by atoms with Gasteiger partial charge in [-0.1, -0.05) is 37.3 Å². The van der Waals surface area contributed by atoms with Crippen LogP contribution in [0.3, 0.4) is 0 Å². The van der Waals surface area contributed by atoms with Crippen LogP contribution >= 0.6 is 0 Å². The highest BCUT2D eigenvalue weighted by Crippen LogP contribution is 2.28. The van der Waals surface area contributed by atoms with Crippen molar-refractivity contribution in [2.75, 3.05) is 13.7 Å². The highest BCUT2D eigenvalue weighted by Gasteiger charge is 2.39. The van der Waals surface area contributed by atoms with Gasteiger partial charge in [0, 0.05) is 12.1 Å². The lowest BCUT2D eigenvalue weighted by Gasteiger charge is -2.29. The summed E-state index contributed by atoms with van der Waals surface area (Å²) >= 11 is 0. The SMILES string of the molecule is CCC(CNC(=O)c1ccc(OC)cc1)(C(=O)O)c1ccccc1. The Morgan fingerprint density at radius 2 is 1.71 bits per heavy atom. The van der Waals surface area contributed by atoms with E-state index in [0.29, 0.717) is 23.3 Å². The van der Waals surface area contributed by atoms with Gasteiger partial charge in [-0.2, -0.15) is 0 Å². The fraction of sp³-hybridized carbons (Fsp3) is 0.263. The minimum Gasteiger partial charge on any atom is -0.497 e. The largest absolute Gasteiger partial charge is 0.497 e. The van der Waals surface area contributed by atoms with Crippen LogP contribution in [0.2, 0.25) is 0 Å². The van der Waals surface area contributed by atoms with Crippen LogP contribution in [0.5, 0.6) is 5.75 Å². The standard InChI is InChI=1S/C19H21NO4/c1-3-19(18(22)23,15-7-5-4-6-8-15)13-20-17(21)14-9-11-16(24-2)12-10-14/h4-12H,3,13H2,1-2H3,(H,20,21)(H,22,23). The Morgan fingerprint density at radius 3 is 2.21 bits per heavy atom. The molecule has 0 heterocycles. The molecule has 0 bridgehead atoms. The number of rotatable bonds is 7. The number of carbonyl (C=O) groups is 2. The predicted molar refractivity (Wildman–Crippen MR) is 91.4 cm³/mol. The zero-order valence-electron chi connectivity index (χ0n) is 13.8. The summed E-state index contributed by atoms with van der Waals surface area (Å²) in [6, 6.07) is 15.7. The normalized spacial score (nSPS) is 12.9. The quantitative estimate of drug-likeness (QED) is 0.820. The predicted octanol–water partition coefficient (Wildman–Crippen LogP) is 2.86. The van der Waals surface area contributed by atoms with Gasteiger partial charge in [-0.05, 0) is 36.2 Å². The maximum absolute atomic E-state index is 12.3. The van der Waals surface area contributed by atoms with Gasteiger partial charge >= 0.3 is 5.97 Å². The zero-order valence-corrected chi connectivity index (χ0v) is 13.8. The second kappa shape index (κ2) is 7.64. The third-order valence-electron chi connectivity index (χ3n) is 4.24. The molecule has 0 aliphatic rings. The van der Waals surface area contributed by atoms with Crippen molar-refractivity contribution >= 4 is 11.9 Å². The van der Waals surface area contributed by atoms with E-state index < -0.39 is 11.4 Å². The molecule has 0 radical (unpaired) electrons. The molecule has 0 saturated carbocycles. The third kappa shape index (κ3) is 3.56. The van der Waals surface area contributed by atoms with Crippen LogP contribution in [-0.2, 0) is 10.2 Å². The minimum atomic E-state index is -1.15. The molecule has 5 nitrogen and oxygen atoms in total. The first-order valence-corrected chi connectivity index (χ1v) is 7.74. The Morgan fingerprint density at radius 1 is 1.08 bits per heavy atom. The number of amides is 1. The van der Waals surface area contributed by atoms with Crippen molar-refractivity contribution in [2.24, 2.45) is 0 Å². The Kier molecular flexibility index (Phi) is 5.58. The van der Waals surface area contributed by atoms with Crippen molar-refractivity contribution in [3.63, 3.8) is 0 Å². The van der Waals surface area contributed by atoms with E-state index in [0.717, 1.165) is 0 Å². The molecule has 0 saturated heterocycles. The number of ether oxygens (including phenoxy) is 1. The molecule has 5 heteroatoms. The van der Waals surface area contributed by atoms with Crippen molar-refractivity contribution in [1.82, 2.24) is 5.32 Å². The summed E-state index contributed by atoms with van der Waals surface area (Å²) in [4.78, 5) is 24.2. The van der Waals surface area contributed by atoms with Gasteiger partial charge in [0.15, 0.2) is 0 Å². The molecule has 2 N–H and O–H groups in total. The van der Waals surface area contributed by atoms with Crippen LogP contribution in [0.25, 0.3) is 0 Å². The Balaban J connectivity index is 2.18. The first-order chi connectivity index (χ1) is 11.5. The van der Waals surface area contributed by atoms with E-state index in [2.05, 4.69) is 5.32 Å². The van der Waals surface area contributed by atoms with Gasteiger partial charge in [-0.15, -0.1) is 0 Å². The molecule has 0 aliphatic carbocycles. The molecule has 2 aromatic carbocycles. The monoisotopic (exact) mass is 327 g/mol. The number of carbonyl (C=O) groups excluding carboxylic acids is 1. The van der Waals surface area contributed by atoms with Crippen molar-refractivity contribution in [1.29, 1.82) is 0 Å². The highest BCUT2D eigenvalue weighted by molar-refractivity contribution is 5.95. The Labute approximate surface area is 141 Å². The van der Waals surface area contributed by atoms with E-state index in [9.17, 15) is 14.7 Å². The maximum Gasteiger partial charge on any atom is 0.315 e. The van der Waals surface area contributed by atoms with E-state index in [1.54, 1.807) is 62.6 Å². The number of hydrogen-bond acceptors (Lipinski definition) is 3. The van der Waals surface area contributed by atoms with Crippen LogP contribution in [-0.4, -0.2) is 30.6 Å². The molecule has 2 aromatic rings. The fourth-order valence-corrected chi connectivity index (χ4v) is 2.61. The first-order valence-electron chi connectivity index (χ1n) is 7.74. The molecule has 0 spiro atoms. The van der Waals surface area contributed by atoms with Gasteiger partial charge in [0.25, 0.3) is 5.91 Å². The van der Waals surface area contributed by atoms with Gasteiger partial charge < -0.3 is 15.2 Å². The van der Waals surface area contributed by atoms with Gasteiger partial charge in [-0.25, -0.2) is 0 Å². The molecule has 1 atom stereocenters. The van der Waals surface area contributed by atoms with Crippen LogP contribution in [0.4, 0.5) is 0 Å². The van der Waals surface area contributed by atoms with E-state index in [4.69, 9.17) is 4.74 Å². The summed E-state index contributed by atoms with van der Waals surface area (Å²) in [6.07, 6.45) is 0.370. The van der Waals surface area contributed by atoms with Crippen molar-refractivity contribution in [2.45, 2.75) is 18.8 Å².